The van der Waals surface area contributed by atoms with Gasteiger partial charge in [-0.15, -0.1) is 0 Å². The second kappa shape index (κ2) is 7.21. The summed E-state index contributed by atoms with van der Waals surface area (Å²) in [5.74, 6) is -0.518. The Morgan fingerprint density at radius 1 is 1.08 bits per heavy atom. The van der Waals surface area contributed by atoms with E-state index in [2.05, 4.69) is 16.7 Å². The number of esters is 1. The van der Waals surface area contributed by atoms with Crippen molar-refractivity contribution in [3.8, 4) is 0 Å². The van der Waals surface area contributed by atoms with E-state index in [1.54, 1.807) is 0 Å². The summed E-state index contributed by atoms with van der Waals surface area (Å²) in [6, 6.07) is 1.11. The number of amides is 2. The van der Waals surface area contributed by atoms with Gasteiger partial charge in [-0.25, -0.2) is 9.59 Å². The Hall–Kier alpha value is -2.08. The molecule has 0 aliphatic heterocycles. The molecule has 0 aromatic heterocycles. The molecule has 130 valence electrons. The summed E-state index contributed by atoms with van der Waals surface area (Å²) in [5, 5.41) is 5.65. The van der Waals surface area contributed by atoms with E-state index in [1.165, 1.54) is 36.5 Å². The molecule has 2 aliphatic rings. The molecule has 2 N–H and O–H groups in total. The van der Waals surface area contributed by atoms with E-state index in [-0.39, 0.29) is 6.61 Å². The first kappa shape index (κ1) is 16.8. The topological polar surface area (TPSA) is 76.7 Å². The molecule has 0 saturated carbocycles. The molecule has 1 atom stereocenters. The Bertz CT molecular complexity index is 625. The number of urea groups is 1. The van der Waals surface area contributed by atoms with E-state index in [9.17, 15) is 9.59 Å². The number of rotatable bonds is 5. The smallest absolute Gasteiger partial charge is 0.330 e. The lowest BCUT2D eigenvalue weighted by Gasteiger charge is -2.19. The number of aryl methyl sites for hydroxylation is 2. The molecule has 0 radical (unpaired) electrons. The van der Waals surface area contributed by atoms with E-state index >= 15 is 0 Å². The Morgan fingerprint density at radius 3 is 2.25 bits per heavy atom. The molecule has 2 aliphatic carbocycles. The monoisotopic (exact) mass is 332 g/mol. The molecule has 0 bridgehead atoms. The normalized spacial score (nSPS) is 16.2. The second-order valence-corrected chi connectivity index (χ2v) is 6.36. The maximum Gasteiger partial charge on any atom is 0.330 e. The fourth-order valence-electron chi connectivity index (χ4n) is 3.75. The lowest BCUT2D eigenvalue weighted by Crippen LogP contribution is -2.46. The highest BCUT2D eigenvalue weighted by Crippen LogP contribution is 2.38. The zero-order valence-electron chi connectivity index (χ0n) is 14.2. The molecule has 1 aromatic rings. The number of nitrogens with one attached hydrogen (secondary N) is 2. The van der Waals surface area contributed by atoms with Crippen molar-refractivity contribution in [2.24, 2.45) is 0 Å². The van der Waals surface area contributed by atoms with Crippen LogP contribution in [-0.2, 0) is 40.0 Å². The van der Waals surface area contributed by atoms with Crippen molar-refractivity contribution in [2.45, 2.75) is 44.6 Å². The summed E-state index contributed by atoms with van der Waals surface area (Å²) in [5.41, 5.74) is 6.18. The lowest BCUT2D eigenvalue weighted by molar-refractivity contribution is -0.144. The Kier molecular flexibility index (Phi) is 5.04. The van der Waals surface area contributed by atoms with Crippen LogP contribution in [0.1, 0.15) is 35.1 Å². The summed E-state index contributed by atoms with van der Waals surface area (Å²) in [6.45, 7) is 0.0745. The number of ether oxygens (including phenoxy) is 2. The van der Waals surface area contributed by atoms with Crippen LogP contribution in [0, 0.1) is 0 Å². The van der Waals surface area contributed by atoms with Crippen molar-refractivity contribution in [1.29, 1.82) is 0 Å². The quantitative estimate of drug-likeness (QED) is 0.808. The van der Waals surface area contributed by atoms with Crippen molar-refractivity contribution >= 4 is 17.7 Å². The van der Waals surface area contributed by atoms with Crippen LogP contribution in [0.2, 0.25) is 0 Å². The predicted molar refractivity (Wildman–Crippen MR) is 90.3 cm³/mol. The largest absolute Gasteiger partial charge is 0.467 e. The molecule has 1 aromatic carbocycles. The van der Waals surface area contributed by atoms with Gasteiger partial charge in [-0.1, -0.05) is 6.07 Å². The van der Waals surface area contributed by atoms with Gasteiger partial charge in [0.2, 0.25) is 0 Å². The molecule has 6 heteroatoms. The van der Waals surface area contributed by atoms with Crippen LogP contribution in [0.4, 0.5) is 10.5 Å². The number of carbonyl (C=O) groups is 2. The first-order valence-electron chi connectivity index (χ1n) is 8.44. The van der Waals surface area contributed by atoms with Gasteiger partial charge in [0, 0.05) is 12.8 Å². The highest BCUT2D eigenvalue weighted by Gasteiger charge is 2.26. The van der Waals surface area contributed by atoms with E-state index in [0.29, 0.717) is 0 Å². The van der Waals surface area contributed by atoms with Crippen molar-refractivity contribution in [3.05, 3.63) is 28.3 Å². The van der Waals surface area contributed by atoms with E-state index < -0.39 is 18.0 Å². The van der Waals surface area contributed by atoms with Crippen molar-refractivity contribution in [3.63, 3.8) is 0 Å². The maximum atomic E-state index is 12.4. The number of anilines is 1. The van der Waals surface area contributed by atoms with E-state index in [1.807, 2.05) is 0 Å². The predicted octanol–water partition coefficient (Wildman–Crippen LogP) is 1.97. The highest BCUT2D eigenvalue weighted by atomic mass is 16.5. The summed E-state index contributed by atoms with van der Waals surface area (Å²) in [6.07, 6.45) is 6.40. The molecular weight excluding hydrogens is 308 g/mol. The van der Waals surface area contributed by atoms with Crippen LogP contribution in [0.3, 0.4) is 0 Å². The summed E-state index contributed by atoms with van der Waals surface area (Å²) < 4.78 is 9.69. The minimum atomic E-state index is -0.815. The van der Waals surface area contributed by atoms with Gasteiger partial charge in [0.25, 0.3) is 0 Å². The van der Waals surface area contributed by atoms with Gasteiger partial charge in [0.05, 0.1) is 13.7 Å². The zero-order valence-corrected chi connectivity index (χ0v) is 14.2. The van der Waals surface area contributed by atoms with Crippen LogP contribution in [0.25, 0.3) is 0 Å². The van der Waals surface area contributed by atoms with Gasteiger partial charge in [-0.05, 0) is 60.8 Å². The lowest BCUT2D eigenvalue weighted by atomic mass is 9.99. The third kappa shape index (κ3) is 3.24. The molecular formula is C18H24N2O4. The standard InChI is InChI=1S/C18H24N2O4/c1-23-10-15(17(21)24-2)19-18(22)20-16-13-7-3-5-11(13)9-12-6-4-8-14(12)16/h9,15H,3-8,10H2,1-2H3,(H2,19,20,22). The second-order valence-electron chi connectivity index (χ2n) is 6.36. The molecule has 1 unspecified atom stereocenters. The molecule has 0 fully saturated rings. The molecule has 0 spiro atoms. The molecule has 6 nitrogen and oxygen atoms in total. The van der Waals surface area contributed by atoms with Crippen LogP contribution >= 0.6 is 0 Å². The van der Waals surface area contributed by atoms with E-state index in [4.69, 9.17) is 9.47 Å². The summed E-state index contributed by atoms with van der Waals surface area (Å²) in [7, 11) is 2.77. The fourth-order valence-corrected chi connectivity index (χ4v) is 3.75. The third-order valence-electron chi connectivity index (χ3n) is 4.84. The number of benzene rings is 1. The summed E-state index contributed by atoms with van der Waals surface area (Å²) in [4.78, 5) is 24.2. The zero-order chi connectivity index (χ0) is 17.1. The van der Waals surface area contributed by atoms with Gasteiger partial charge < -0.3 is 20.1 Å². The average molecular weight is 332 g/mol. The molecule has 24 heavy (non-hydrogen) atoms. The minimum Gasteiger partial charge on any atom is -0.467 e. The first-order valence-corrected chi connectivity index (χ1v) is 8.44. The van der Waals surface area contributed by atoms with Gasteiger partial charge in [-0.3, -0.25) is 0 Å². The van der Waals surface area contributed by atoms with Crippen LogP contribution in [-0.4, -0.2) is 38.9 Å². The minimum absolute atomic E-state index is 0.0745. The van der Waals surface area contributed by atoms with Crippen LogP contribution in [0.15, 0.2) is 6.07 Å². The van der Waals surface area contributed by atoms with Gasteiger partial charge in [0.1, 0.15) is 0 Å². The first-order chi connectivity index (χ1) is 11.6. The molecule has 2 amide bonds. The Balaban J connectivity index is 1.79. The number of fused-ring (bicyclic) bond motifs is 2. The van der Waals surface area contributed by atoms with E-state index in [0.717, 1.165) is 44.2 Å². The number of carbonyl (C=O) groups excluding carboxylic acids is 2. The molecule has 0 saturated heterocycles. The molecule has 3 rings (SSSR count). The third-order valence-corrected chi connectivity index (χ3v) is 4.84. The number of methoxy groups -OCH3 is 2. The fraction of sp³-hybridized carbons (Fsp3) is 0.556. The average Bonchev–Trinajstić information content (AvgIpc) is 3.22. The molecule has 0 heterocycles. The Morgan fingerprint density at radius 2 is 1.71 bits per heavy atom. The van der Waals surface area contributed by atoms with Crippen molar-refractivity contribution < 1.29 is 19.1 Å². The van der Waals surface area contributed by atoms with Gasteiger partial charge >= 0.3 is 12.0 Å². The number of hydrogen-bond acceptors (Lipinski definition) is 4. The maximum absolute atomic E-state index is 12.4. The Labute approximate surface area is 141 Å². The van der Waals surface area contributed by atoms with Crippen molar-refractivity contribution in [2.75, 3.05) is 26.1 Å². The van der Waals surface area contributed by atoms with Gasteiger partial charge in [-0.2, -0.15) is 0 Å². The summed E-state index contributed by atoms with van der Waals surface area (Å²) >= 11 is 0. The SMILES string of the molecule is COCC(NC(=O)Nc1c2c(cc3c1CCC3)CCC2)C(=O)OC. The van der Waals surface area contributed by atoms with Crippen LogP contribution < -0.4 is 10.6 Å². The number of hydrogen-bond donors (Lipinski definition) is 2. The highest BCUT2D eigenvalue weighted by molar-refractivity contribution is 5.94. The van der Waals surface area contributed by atoms with Crippen molar-refractivity contribution in [1.82, 2.24) is 5.32 Å². The van der Waals surface area contributed by atoms with Gasteiger partial charge in [0.15, 0.2) is 6.04 Å². The van der Waals surface area contributed by atoms with Crippen LogP contribution in [0.5, 0.6) is 0 Å².